The summed E-state index contributed by atoms with van der Waals surface area (Å²) in [7, 11) is 0. The molecule has 1 fully saturated rings. The Morgan fingerprint density at radius 1 is 1.27 bits per heavy atom. The van der Waals surface area contributed by atoms with Crippen molar-refractivity contribution in [3.63, 3.8) is 0 Å². The van der Waals surface area contributed by atoms with E-state index in [-0.39, 0.29) is 18.4 Å². The lowest BCUT2D eigenvalue weighted by atomic mass is 10.0. The lowest BCUT2D eigenvalue weighted by Gasteiger charge is -2.30. The molecule has 0 spiro atoms. The van der Waals surface area contributed by atoms with Gasteiger partial charge in [0, 0.05) is 24.5 Å². The summed E-state index contributed by atoms with van der Waals surface area (Å²) in [6, 6.07) is 8.79. The van der Waals surface area contributed by atoms with E-state index >= 15 is 0 Å². The van der Waals surface area contributed by atoms with Gasteiger partial charge in [-0.05, 0) is 44.0 Å². The van der Waals surface area contributed by atoms with Gasteiger partial charge in [0.25, 0.3) is 0 Å². The first kappa shape index (κ1) is 17.0. The van der Waals surface area contributed by atoms with Crippen LogP contribution in [-0.4, -0.2) is 37.3 Å². The van der Waals surface area contributed by atoms with Crippen molar-refractivity contribution in [2.24, 2.45) is 5.73 Å². The molecule has 2 N–H and O–H groups in total. The molecule has 2 heterocycles. The SMILES string of the molecule is Cc1ccc2nc(N3CCOCC3)c(CC(C)N)cc2c1.Cl. The average molecular weight is 322 g/mol. The third-order valence-electron chi connectivity index (χ3n) is 3.88. The van der Waals surface area contributed by atoms with E-state index in [1.54, 1.807) is 0 Å². The quantitative estimate of drug-likeness (QED) is 0.944. The van der Waals surface area contributed by atoms with E-state index in [9.17, 15) is 0 Å². The maximum absolute atomic E-state index is 6.03. The number of ether oxygens (including phenoxy) is 1. The summed E-state index contributed by atoms with van der Waals surface area (Å²) in [4.78, 5) is 7.23. The molecular formula is C17H24ClN3O. The minimum absolute atomic E-state index is 0. The van der Waals surface area contributed by atoms with Crippen LogP contribution in [0.5, 0.6) is 0 Å². The summed E-state index contributed by atoms with van der Waals surface area (Å²) in [5.41, 5.74) is 9.58. The van der Waals surface area contributed by atoms with Crippen molar-refractivity contribution in [3.05, 3.63) is 35.4 Å². The topological polar surface area (TPSA) is 51.4 Å². The second-order valence-electron chi connectivity index (χ2n) is 5.95. The first-order chi connectivity index (χ1) is 10.1. The van der Waals surface area contributed by atoms with Gasteiger partial charge in [0.1, 0.15) is 5.82 Å². The van der Waals surface area contributed by atoms with Crippen LogP contribution in [0, 0.1) is 6.92 Å². The molecule has 0 bridgehead atoms. The number of benzene rings is 1. The molecule has 0 aliphatic carbocycles. The van der Waals surface area contributed by atoms with Crippen LogP contribution >= 0.6 is 12.4 Å². The van der Waals surface area contributed by atoms with Crippen LogP contribution < -0.4 is 10.6 Å². The number of hydrogen-bond acceptors (Lipinski definition) is 4. The third kappa shape index (κ3) is 3.69. The lowest BCUT2D eigenvalue weighted by molar-refractivity contribution is 0.122. The molecule has 2 aromatic rings. The number of nitrogens with zero attached hydrogens (tertiary/aromatic N) is 2. The number of rotatable bonds is 3. The van der Waals surface area contributed by atoms with Gasteiger partial charge in [-0.3, -0.25) is 0 Å². The number of aryl methyl sites for hydroxylation is 1. The van der Waals surface area contributed by atoms with E-state index < -0.39 is 0 Å². The molecule has 1 aliphatic heterocycles. The highest BCUT2D eigenvalue weighted by molar-refractivity contribution is 5.85. The summed E-state index contributed by atoms with van der Waals surface area (Å²) in [6.07, 6.45) is 0.851. The van der Waals surface area contributed by atoms with Crippen LogP contribution in [0.3, 0.4) is 0 Å². The number of morpholine rings is 1. The molecule has 1 atom stereocenters. The minimum atomic E-state index is 0. The maximum Gasteiger partial charge on any atom is 0.132 e. The Kier molecular flexibility index (Phi) is 5.62. The largest absolute Gasteiger partial charge is 0.378 e. The van der Waals surface area contributed by atoms with Crippen LogP contribution in [0.2, 0.25) is 0 Å². The standard InChI is InChI=1S/C17H23N3O.ClH/c1-12-3-4-16-14(9-12)11-15(10-13(2)18)17(19-16)20-5-7-21-8-6-20;/h3-4,9,11,13H,5-8,10,18H2,1-2H3;1H. The number of hydrogen-bond donors (Lipinski definition) is 1. The van der Waals surface area contributed by atoms with Gasteiger partial charge in [-0.2, -0.15) is 0 Å². The fraction of sp³-hybridized carbons (Fsp3) is 0.471. The van der Waals surface area contributed by atoms with Crippen LogP contribution in [-0.2, 0) is 11.2 Å². The highest BCUT2D eigenvalue weighted by Crippen LogP contribution is 2.26. The Morgan fingerprint density at radius 3 is 2.68 bits per heavy atom. The Bertz CT molecular complexity index is 639. The second-order valence-corrected chi connectivity index (χ2v) is 5.95. The molecule has 0 saturated carbocycles. The number of halogens is 1. The van der Waals surface area contributed by atoms with Crippen LogP contribution in [0.15, 0.2) is 24.3 Å². The van der Waals surface area contributed by atoms with E-state index in [1.807, 2.05) is 6.92 Å². The van der Waals surface area contributed by atoms with Gasteiger partial charge in [0.05, 0.1) is 18.7 Å². The van der Waals surface area contributed by atoms with E-state index in [0.29, 0.717) is 0 Å². The van der Waals surface area contributed by atoms with Gasteiger partial charge < -0.3 is 15.4 Å². The minimum Gasteiger partial charge on any atom is -0.378 e. The fourth-order valence-electron chi connectivity index (χ4n) is 2.88. The first-order valence-electron chi connectivity index (χ1n) is 7.62. The molecule has 1 aromatic heterocycles. The number of fused-ring (bicyclic) bond motifs is 1. The van der Waals surface area contributed by atoms with Crippen molar-refractivity contribution in [3.8, 4) is 0 Å². The van der Waals surface area contributed by atoms with Gasteiger partial charge in [-0.1, -0.05) is 11.6 Å². The van der Waals surface area contributed by atoms with Crippen LogP contribution in [0.1, 0.15) is 18.1 Å². The average Bonchev–Trinajstić information content (AvgIpc) is 2.47. The Morgan fingerprint density at radius 2 is 2.00 bits per heavy atom. The smallest absolute Gasteiger partial charge is 0.132 e. The van der Waals surface area contributed by atoms with Gasteiger partial charge >= 0.3 is 0 Å². The molecule has 1 saturated heterocycles. The Balaban J connectivity index is 0.00000176. The zero-order valence-electron chi connectivity index (χ0n) is 13.2. The molecule has 3 rings (SSSR count). The fourth-order valence-corrected chi connectivity index (χ4v) is 2.88. The van der Waals surface area contributed by atoms with Crippen molar-refractivity contribution < 1.29 is 4.74 Å². The van der Waals surface area contributed by atoms with Crippen molar-refractivity contribution in [2.45, 2.75) is 26.3 Å². The Labute approximate surface area is 138 Å². The molecule has 5 heteroatoms. The molecule has 4 nitrogen and oxygen atoms in total. The van der Waals surface area contributed by atoms with Gasteiger partial charge in [-0.25, -0.2) is 4.98 Å². The second kappa shape index (κ2) is 7.27. The van der Waals surface area contributed by atoms with Crippen molar-refractivity contribution in [2.75, 3.05) is 31.2 Å². The molecule has 120 valence electrons. The van der Waals surface area contributed by atoms with E-state index in [1.165, 1.54) is 16.5 Å². The molecular weight excluding hydrogens is 298 g/mol. The van der Waals surface area contributed by atoms with Crippen LogP contribution in [0.25, 0.3) is 10.9 Å². The number of nitrogens with two attached hydrogens (primary N) is 1. The predicted octanol–water partition coefficient (Wildman–Crippen LogP) is 2.69. The summed E-state index contributed by atoms with van der Waals surface area (Å²) in [6.45, 7) is 7.49. The van der Waals surface area contributed by atoms with Crippen LogP contribution in [0.4, 0.5) is 5.82 Å². The van der Waals surface area contributed by atoms with Gasteiger partial charge in [-0.15, -0.1) is 12.4 Å². The van der Waals surface area contributed by atoms with Crippen molar-refractivity contribution >= 4 is 29.1 Å². The summed E-state index contributed by atoms with van der Waals surface area (Å²) >= 11 is 0. The van der Waals surface area contributed by atoms with E-state index in [0.717, 1.165) is 44.1 Å². The Hall–Kier alpha value is -1.36. The zero-order chi connectivity index (χ0) is 14.8. The van der Waals surface area contributed by atoms with Gasteiger partial charge in [0.15, 0.2) is 0 Å². The monoisotopic (exact) mass is 321 g/mol. The number of anilines is 1. The molecule has 1 aromatic carbocycles. The zero-order valence-corrected chi connectivity index (χ0v) is 14.0. The molecule has 0 radical (unpaired) electrons. The molecule has 22 heavy (non-hydrogen) atoms. The number of aromatic nitrogens is 1. The molecule has 0 amide bonds. The van der Waals surface area contributed by atoms with Gasteiger partial charge in [0.2, 0.25) is 0 Å². The molecule has 1 aliphatic rings. The van der Waals surface area contributed by atoms with E-state index in [2.05, 4.69) is 36.1 Å². The lowest BCUT2D eigenvalue weighted by Crippen LogP contribution is -2.37. The predicted molar refractivity (Wildman–Crippen MR) is 94.1 cm³/mol. The first-order valence-corrected chi connectivity index (χ1v) is 7.62. The number of pyridine rings is 1. The van der Waals surface area contributed by atoms with E-state index in [4.69, 9.17) is 15.5 Å². The summed E-state index contributed by atoms with van der Waals surface area (Å²) in [5.74, 6) is 1.08. The normalized spacial score (nSPS) is 16.4. The van der Waals surface area contributed by atoms with Crippen molar-refractivity contribution in [1.82, 2.24) is 4.98 Å². The molecule has 1 unspecified atom stereocenters. The summed E-state index contributed by atoms with van der Waals surface area (Å²) in [5, 5.41) is 1.20. The maximum atomic E-state index is 6.03. The summed E-state index contributed by atoms with van der Waals surface area (Å²) < 4.78 is 5.45. The highest BCUT2D eigenvalue weighted by Gasteiger charge is 2.18. The van der Waals surface area contributed by atoms with Crippen molar-refractivity contribution in [1.29, 1.82) is 0 Å². The highest BCUT2D eigenvalue weighted by atomic mass is 35.5. The third-order valence-corrected chi connectivity index (χ3v) is 3.88.